The second kappa shape index (κ2) is 4.62. The Bertz CT molecular complexity index is 673. The topological polar surface area (TPSA) is 61.6 Å². The van der Waals surface area contributed by atoms with Crippen LogP contribution in [0.25, 0.3) is 5.57 Å². The summed E-state index contributed by atoms with van der Waals surface area (Å²) in [4.78, 5) is 11.0. The number of ether oxygens (including phenoxy) is 2. The number of allylic oxidation sites excluding steroid dienone is 3. The SMILES string of the molecule is C=C1CC(c2cc3c(cc2[N+](=O)[O-])OCO3)=CC(C)(C)C1. The quantitative estimate of drug-likeness (QED) is 0.467. The van der Waals surface area contributed by atoms with Crippen LogP contribution in [0, 0.1) is 15.5 Å². The molecular weight excluding hydrogens is 270 g/mol. The van der Waals surface area contributed by atoms with Crippen LogP contribution in [0.4, 0.5) is 5.69 Å². The van der Waals surface area contributed by atoms with Gasteiger partial charge in [-0.05, 0) is 29.9 Å². The van der Waals surface area contributed by atoms with Crippen LogP contribution in [0.15, 0.2) is 30.4 Å². The highest BCUT2D eigenvalue weighted by molar-refractivity contribution is 5.78. The molecule has 1 aliphatic heterocycles. The van der Waals surface area contributed by atoms with Crippen LogP contribution in [-0.2, 0) is 0 Å². The van der Waals surface area contributed by atoms with E-state index in [9.17, 15) is 10.1 Å². The Morgan fingerprint density at radius 2 is 1.95 bits per heavy atom. The van der Waals surface area contributed by atoms with Gasteiger partial charge in [-0.1, -0.05) is 32.1 Å². The van der Waals surface area contributed by atoms with Crippen molar-refractivity contribution in [3.63, 3.8) is 0 Å². The molecule has 5 heteroatoms. The standard InChI is InChI=1S/C16H17NO4/c1-10-4-11(8-16(2,3)7-10)12-5-14-15(21-9-20-14)6-13(12)17(18)19/h5-6,8H,1,4,7,9H2,2-3H3. The zero-order chi connectivity index (χ0) is 15.2. The van der Waals surface area contributed by atoms with E-state index in [1.165, 1.54) is 6.07 Å². The summed E-state index contributed by atoms with van der Waals surface area (Å²) in [6.07, 6.45) is 3.66. The summed E-state index contributed by atoms with van der Waals surface area (Å²) in [7, 11) is 0. The first kappa shape index (κ1) is 13.7. The van der Waals surface area contributed by atoms with Gasteiger partial charge in [-0.25, -0.2) is 0 Å². The van der Waals surface area contributed by atoms with Gasteiger partial charge in [-0.3, -0.25) is 10.1 Å². The van der Waals surface area contributed by atoms with Crippen LogP contribution in [0.3, 0.4) is 0 Å². The molecule has 0 saturated heterocycles. The highest BCUT2D eigenvalue weighted by atomic mass is 16.7. The summed E-state index contributed by atoms with van der Waals surface area (Å²) >= 11 is 0. The van der Waals surface area contributed by atoms with Gasteiger partial charge in [0.25, 0.3) is 5.69 Å². The third-order valence-corrected chi connectivity index (χ3v) is 3.74. The molecule has 0 N–H and O–H groups in total. The van der Waals surface area contributed by atoms with Crippen LogP contribution in [-0.4, -0.2) is 11.7 Å². The van der Waals surface area contributed by atoms with E-state index in [0.717, 1.165) is 17.6 Å². The van der Waals surface area contributed by atoms with E-state index in [0.29, 0.717) is 23.5 Å². The van der Waals surface area contributed by atoms with Crippen LogP contribution in [0.2, 0.25) is 0 Å². The van der Waals surface area contributed by atoms with E-state index in [2.05, 4.69) is 26.5 Å². The van der Waals surface area contributed by atoms with E-state index < -0.39 is 0 Å². The van der Waals surface area contributed by atoms with Gasteiger partial charge in [0.2, 0.25) is 6.79 Å². The number of fused-ring (bicyclic) bond motifs is 1. The zero-order valence-corrected chi connectivity index (χ0v) is 12.1. The molecule has 5 nitrogen and oxygen atoms in total. The van der Waals surface area contributed by atoms with Crippen LogP contribution >= 0.6 is 0 Å². The lowest BCUT2D eigenvalue weighted by Gasteiger charge is -2.29. The molecule has 110 valence electrons. The maximum atomic E-state index is 11.4. The molecule has 0 amide bonds. The number of rotatable bonds is 2. The van der Waals surface area contributed by atoms with Crippen molar-refractivity contribution in [2.24, 2.45) is 5.41 Å². The maximum absolute atomic E-state index is 11.4. The normalized spacial score (nSPS) is 19.3. The van der Waals surface area contributed by atoms with E-state index in [-0.39, 0.29) is 22.8 Å². The summed E-state index contributed by atoms with van der Waals surface area (Å²) in [6.45, 7) is 8.38. The van der Waals surface area contributed by atoms with Crippen LogP contribution in [0.1, 0.15) is 32.3 Å². The van der Waals surface area contributed by atoms with E-state index in [1.807, 2.05) is 0 Å². The molecule has 1 heterocycles. The Kier molecular flexibility index (Phi) is 3.01. The molecule has 0 fully saturated rings. The summed E-state index contributed by atoms with van der Waals surface area (Å²) in [5, 5.41) is 11.4. The molecular formula is C16H17NO4. The zero-order valence-electron chi connectivity index (χ0n) is 12.1. The van der Waals surface area contributed by atoms with Gasteiger partial charge >= 0.3 is 0 Å². The molecule has 0 saturated carbocycles. The minimum absolute atomic E-state index is 0.0467. The number of benzene rings is 1. The van der Waals surface area contributed by atoms with Crippen molar-refractivity contribution in [2.75, 3.05) is 6.79 Å². The Labute approximate surface area is 123 Å². The molecule has 0 unspecified atom stereocenters. The van der Waals surface area contributed by atoms with Crippen molar-refractivity contribution in [1.29, 1.82) is 0 Å². The van der Waals surface area contributed by atoms with Crippen LogP contribution in [0.5, 0.6) is 11.5 Å². The molecule has 1 aromatic carbocycles. The molecule has 0 aromatic heterocycles. The van der Waals surface area contributed by atoms with Crippen molar-refractivity contribution in [1.82, 2.24) is 0 Å². The minimum Gasteiger partial charge on any atom is -0.454 e. The number of nitrogens with zero attached hydrogens (tertiary/aromatic N) is 1. The third-order valence-electron chi connectivity index (χ3n) is 3.74. The number of nitro groups is 1. The summed E-state index contributed by atoms with van der Waals surface area (Å²) in [6, 6.07) is 3.16. The van der Waals surface area contributed by atoms with E-state index >= 15 is 0 Å². The first-order valence-electron chi connectivity index (χ1n) is 6.82. The minimum atomic E-state index is -0.373. The van der Waals surface area contributed by atoms with Gasteiger partial charge in [0.05, 0.1) is 16.6 Å². The Balaban J connectivity index is 2.15. The molecule has 0 bridgehead atoms. The fourth-order valence-electron chi connectivity index (χ4n) is 3.06. The first-order chi connectivity index (χ1) is 9.85. The average Bonchev–Trinajstić information content (AvgIpc) is 2.81. The molecule has 1 aliphatic carbocycles. The average molecular weight is 287 g/mol. The number of nitro benzene ring substituents is 1. The second-order valence-electron chi connectivity index (χ2n) is 6.24. The lowest BCUT2D eigenvalue weighted by molar-refractivity contribution is -0.385. The number of hydrogen-bond acceptors (Lipinski definition) is 4. The van der Waals surface area contributed by atoms with Crippen molar-refractivity contribution in [3.8, 4) is 11.5 Å². The molecule has 3 rings (SSSR count). The van der Waals surface area contributed by atoms with Gasteiger partial charge in [-0.2, -0.15) is 0 Å². The van der Waals surface area contributed by atoms with Crippen molar-refractivity contribution < 1.29 is 14.4 Å². The van der Waals surface area contributed by atoms with Gasteiger partial charge in [-0.15, -0.1) is 0 Å². The fraction of sp³-hybridized carbons (Fsp3) is 0.375. The van der Waals surface area contributed by atoms with Crippen molar-refractivity contribution >= 4 is 11.3 Å². The predicted octanol–water partition coefficient (Wildman–Crippen LogP) is 4.08. The van der Waals surface area contributed by atoms with E-state index in [1.54, 1.807) is 6.07 Å². The Hall–Kier alpha value is -2.30. The summed E-state index contributed by atoms with van der Waals surface area (Å²) in [5.41, 5.74) is 2.62. The second-order valence-corrected chi connectivity index (χ2v) is 6.24. The molecule has 0 atom stereocenters. The first-order valence-corrected chi connectivity index (χ1v) is 6.82. The molecule has 0 spiro atoms. The predicted molar refractivity (Wildman–Crippen MR) is 79.4 cm³/mol. The number of hydrogen-bond donors (Lipinski definition) is 0. The fourth-order valence-corrected chi connectivity index (χ4v) is 3.06. The van der Waals surface area contributed by atoms with Gasteiger partial charge < -0.3 is 9.47 Å². The Morgan fingerprint density at radius 1 is 1.29 bits per heavy atom. The van der Waals surface area contributed by atoms with Crippen molar-refractivity contribution in [3.05, 3.63) is 46.0 Å². The third kappa shape index (κ3) is 2.51. The lowest BCUT2D eigenvalue weighted by atomic mass is 9.75. The van der Waals surface area contributed by atoms with Gasteiger partial charge in [0, 0.05) is 0 Å². The van der Waals surface area contributed by atoms with Crippen molar-refractivity contribution in [2.45, 2.75) is 26.7 Å². The lowest BCUT2D eigenvalue weighted by Crippen LogP contribution is -2.14. The van der Waals surface area contributed by atoms with Crippen LogP contribution < -0.4 is 9.47 Å². The Morgan fingerprint density at radius 3 is 2.57 bits per heavy atom. The largest absolute Gasteiger partial charge is 0.454 e. The molecule has 2 aliphatic rings. The monoisotopic (exact) mass is 287 g/mol. The summed E-state index contributed by atoms with van der Waals surface area (Å²) in [5.74, 6) is 0.991. The highest BCUT2D eigenvalue weighted by Crippen LogP contribution is 2.46. The molecule has 21 heavy (non-hydrogen) atoms. The molecule has 1 aromatic rings. The van der Waals surface area contributed by atoms with Gasteiger partial charge in [0.1, 0.15) is 0 Å². The molecule has 0 radical (unpaired) electrons. The maximum Gasteiger partial charge on any atom is 0.280 e. The summed E-state index contributed by atoms with van der Waals surface area (Å²) < 4.78 is 10.6. The highest BCUT2D eigenvalue weighted by Gasteiger charge is 2.29. The van der Waals surface area contributed by atoms with Gasteiger partial charge in [0.15, 0.2) is 11.5 Å². The smallest absolute Gasteiger partial charge is 0.280 e. The van der Waals surface area contributed by atoms with E-state index in [4.69, 9.17) is 9.47 Å².